The van der Waals surface area contributed by atoms with Crippen LogP contribution < -0.4 is 10.2 Å². The summed E-state index contributed by atoms with van der Waals surface area (Å²) in [6.45, 7) is 11.9. The predicted octanol–water partition coefficient (Wildman–Crippen LogP) is 2.51. The Bertz CT molecular complexity index is 372. The number of hydrogen-bond donors (Lipinski definition) is 1. The standard InChI is InChI=1S/C14H23N3/c1-6-7-17(11(2)3)14-8-12(4)16-10-13(14)9-15-5/h6,8,10-11,15H,1,7,9H2,2-5H3. The topological polar surface area (TPSA) is 28.2 Å². The maximum atomic E-state index is 4.37. The molecule has 3 nitrogen and oxygen atoms in total. The van der Waals surface area contributed by atoms with Gasteiger partial charge in [-0.15, -0.1) is 6.58 Å². The molecule has 0 bridgehead atoms. The van der Waals surface area contributed by atoms with Crippen LogP contribution in [-0.4, -0.2) is 24.6 Å². The highest BCUT2D eigenvalue weighted by atomic mass is 15.2. The number of anilines is 1. The predicted molar refractivity (Wildman–Crippen MR) is 74.4 cm³/mol. The van der Waals surface area contributed by atoms with Crippen LogP contribution in [0.25, 0.3) is 0 Å². The Morgan fingerprint density at radius 3 is 2.76 bits per heavy atom. The first-order chi connectivity index (χ1) is 8.10. The Morgan fingerprint density at radius 2 is 2.24 bits per heavy atom. The van der Waals surface area contributed by atoms with Gasteiger partial charge in [-0.2, -0.15) is 0 Å². The number of nitrogens with one attached hydrogen (secondary N) is 1. The van der Waals surface area contributed by atoms with E-state index in [0.717, 1.165) is 18.8 Å². The van der Waals surface area contributed by atoms with Crippen LogP contribution in [-0.2, 0) is 6.54 Å². The second kappa shape index (κ2) is 6.40. The van der Waals surface area contributed by atoms with E-state index in [0.29, 0.717) is 6.04 Å². The maximum Gasteiger partial charge on any atom is 0.0450 e. The molecule has 1 aromatic heterocycles. The molecular weight excluding hydrogens is 210 g/mol. The first-order valence-corrected chi connectivity index (χ1v) is 6.07. The summed E-state index contributed by atoms with van der Waals surface area (Å²) in [7, 11) is 1.96. The Hall–Kier alpha value is -1.35. The van der Waals surface area contributed by atoms with Crippen molar-refractivity contribution < 1.29 is 0 Å². The minimum Gasteiger partial charge on any atom is -0.365 e. The van der Waals surface area contributed by atoms with Crippen LogP contribution in [0.2, 0.25) is 0 Å². The Balaban J connectivity index is 3.13. The number of pyridine rings is 1. The fourth-order valence-electron chi connectivity index (χ4n) is 1.89. The van der Waals surface area contributed by atoms with Crippen LogP contribution >= 0.6 is 0 Å². The lowest BCUT2D eigenvalue weighted by Gasteiger charge is -2.30. The highest BCUT2D eigenvalue weighted by molar-refractivity contribution is 5.54. The molecule has 1 heterocycles. The molecule has 0 fully saturated rings. The third kappa shape index (κ3) is 3.56. The van der Waals surface area contributed by atoms with E-state index in [-0.39, 0.29) is 0 Å². The molecule has 94 valence electrons. The van der Waals surface area contributed by atoms with Crippen LogP contribution in [0.4, 0.5) is 5.69 Å². The molecule has 0 radical (unpaired) electrons. The van der Waals surface area contributed by atoms with Gasteiger partial charge in [-0.1, -0.05) is 6.08 Å². The largest absolute Gasteiger partial charge is 0.365 e. The van der Waals surface area contributed by atoms with Crippen LogP contribution in [0, 0.1) is 6.92 Å². The molecular formula is C14H23N3. The van der Waals surface area contributed by atoms with Crippen molar-refractivity contribution in [1.29, 1.82) is 0 Å². The molecule has 0 unspecified atom stereocenters. The lowest BCUT2D eigenvalue weighted by molar-refractivity contribution is 0.709. The monoisotopic (exact) mass is 233 g/mol. The molecule has 0 saturated heterocycles. The Labute approximate surface area is 105 Å². The van der Waals surface area contributed by atoms with Gasteiger partial charge in [0.1, 0.15) is 0 Å². The van der Waals surface area contributed by atoms with Crippen LogP contribution in [0.3, 0.4) is 0 Å². The lowest BCUT2D eigenvalue weighted by atomic mass is 10.1. The molecule has 0 aromatic carbocycles. The fourth-order valence-corrected chi connectivity index (χ4v) is 1.89. The zero-order chi connectivity index (χ0) is 12.8. The van der Waals surface area contributed by atoms with Crippen molar-refractivity contribution in [2.75, 3.05) is 18.5 Å². The zero-order valence-electron chi connectivity index (χ0n) is 11.3. The van der Waals surface area contributed by atoms with Crippen molar-refractivity contribution in [3.8, 4) is 0 Å². The minimum atomic E-state index is 0.449. The lowest BCUT2D eigenvalue weighted by Crippen LogP contribution is -2.32. The summed E-state index contributed by atoms with van der Waals surface area (Å²) >= 11 is 0. The molecule has 17 heavy (non-hydrogen) atoms. The normalized spacial score (nSPS) is 10.6. The summed E-state index contributed by atoms with van der Waals surface area (Å²) in [4.78, 5) is 6.71. The highest BCUT2D eigenvalue weighted by Gasteiger charge is 2.13. The number of hydrogen-bond acceptors (Lipinski definition) is 3. The second-order valence-electron chi connectivity index (χ2n) is 4.52. The van der Waals surface area contributed by atoms with E-state index in [1.807, 2.05) is 26.2 Å². The van der Waals surface area contributed by atoms with Gasteiger partial charge in [0.25, 0.3) is 0 Å². The van der Waals surface area contributed by atoms with E-state index in [9.17, 15) is 0 Å². The Morgan fingerprint density at radius 1 is 1.53 bits per heavy atom. The van der Waals surface area contributed by atoms with Crippen molar-refractivity contribution in [3.63, 3.8) is 0 Å². The highest BCUT2D eigenvalue weighted by Crippen LogP contribution is 2.23. The average molecular weight is 233 g/mol. The zero-order valence-corrected chi connectivity index (χ0v) is 11.3. The number of aromatic nitrogens is 1. The number of nitrogens with zero attached hydrogens (tertiary/aromatic N) is 2. The van der Waals surface area contributed by atoms with E-state index < -0.39 is 0 Å². The van der Waals surface area contributed by atoms with Crippen molar-refractivity contribution >= 4 is 5.69 Å². The Kier molecular flexibility index (Phi) is 5.16. The van der Waals surface area contributed by atoms with Crippen molar-refractivity contribution in [2.45, 2.75) is 33.4 Å². The quantitative estimate of drug-likeness (QED) is 0.765. The van der Waals surface area contributed by atoms with Crippen LogP contribution in [0.1, 0.15) is 25.1 Å². The van der Waals surface area contributed by atoms with Crippen molar-refractivity contribution in [2.24, 2.45) is 0 Å². The molecule has 1 N–H and O–H groups in total. The summed E-state index contributed by atoms with van der Waals surface area (Å²) < 4.78 is 0. The molecule has 3 heteroatoms. The van der Waals surface area contributed by atoms with Crippen molar-refractivity contribution in [3.05, 3.63) is 36.2 Å². The van der Waals surface area contributed by atoms with Gasteiger partial charge in [0, 0.05) is 42.3 Å². The molecule has 0 saturated carbocycles. The van der Waals surface area contributed by atoms with Gasteiger partial charge in [-0.25, -0.2) is 0 Å². The third-order valence-corrected chi connectivity index (χ3v) is 2.72. The van der Waals surface area contributed by atoms with E-state index in [2.05, 4.69) is 41.7 Å². The molecule has 0 aliphatic carbocycles. The molecule has 0 aliphatic rings. The summed E-state index contributed by atoms with van der Waals surface area (Å²) in [5, 5.41) is 3.19. The third-order valence-electron chi connectivity index (χ3n) is 2.72. The van der Waals surface area contributed by atoms with E-state index >= 15 is 0 Å². The average Bonchev–Trinajstić information content (AvgIpc) is 2.28. The SMILES string of the molecule is C=CCN(c1cc(C)ncc1CNC)C(C)C. The fraction of sp³-hybridized carbons (Fsp3) is 0.500. The van der Waals surface area contributed by atoms with Gasteiger partial charge < -0.3 is 10.2 Å². The molecule has 0 atom stereocenters. The molecule has 1 aromatic rings. The van der Waals surface area contributed by atoms with E-state index in [4.69, 9.17) is 0 Å². The van der Waals surface area contributed by atoms with Crippen molar-refractivity contribution in [1.82, 2.24) is 10.3 Å². The van der Waals surface area contributed by atoms with Gasteiger partial charge in [0.05, 0.1) is 0 Å². The summed E-state index contributed by atoms with van der Waals surface area (Å²) in [6.07, 6.45) is 3.90. The summed E-state index contributed by atoms with van der Waals surface area (Å²) in [5.41, 5.74) is 3.53. The molecule has 0 aliphatic heterocycles. The van der Waals surface area contributed by atoms with Gasteiger partial charge in [0.2, 0.25) is 0 Å². The van der Waals surface area contributed by atoms with Gasteiger partial charge in [-0.3, -0.25) is 4.98 Å². The van der Waals surface area contributed by atoms with Gasteiger partial charge >= 0.3 is 0 Å². The molecule has 1 rings (SSSR count). The van der Waals surface area contributed by atoms with Crippen LogP contribution in [0.15, 0.2) is 24.9 Å². The summed E-state index contributed by atoms with van der Waals surface area (Å²) in [5.74, 6) is 0. The maximum absolute atomic E-state index is 4.37. The summed E-state index contributed by atoms with van der Waals surface area (Å²) in [6, 6.07) is 2.60. The number of aryl methyl sites for hydroxylation is 1. The first-order valence-electron chi connectivity index (χ1n) is 6.07. The molecule has 0 amide bonds. The van der Waals surface area contributed by atoms with E-state index in [1.54, 1.807) is 0 Å². The van der Waals surface area contributed by atoms with Gasteiger partial charge in [-0.05, 0) is 33.9 Å². The first kappa shape index (κ1) is 13.7. The van der Waals surface area contributed by atoms with Gasteiger partial charge in [0.15, 0.2) is 0 Å². The number of rotatable bonds is 6. The minimum absolute atomic E-state index is 0.449. The smallest absolute Gasteiger partial charge is 0.0450 e. The van der Waals surface area contributed by atoms with Crippen LogP contribution in [0.5, 0.6) is 0 Å². The molecule has 0 spiro atoms. The van der Waals surface area contributed by atoms with E-state index in [1.165, 1.54) is 11.3 Å². The second-order valence-corrected chi connectivity index (χ2v) is 4.52.